The van der Waals surface area contributed by atoms with Crippen LogP contribution in [0, 0.1) is 0 Å². The van der Waals surface area contributed by atoms with Crippen molar-refractivity contribution in [3.05, 3.63) is 101 Å². The summed E-state index contributed by atoms with van der Waals surface area (Å²) in [6.45, 7) is 5.21. The zero-order valence-corrected chi connectivity index (χ0v) is 20.1. The van der Waals surface area contributed by atoms with E-state index in [0.29, 0.717) is 13.2 Å². The maximum Gasteiger partial charge on any atom is 0.121 e. The van der Waals surface area contributed by atoms with Crippen LogP contribution >= 0.6 is 0 Å². The van der Waals surface area contributed by atoms with Gasteiger partial charge >= 0.3 is 0 Å². The molecule has 0 fully saturated rings. The van der Waals surface area contributed by atoms with E-state index in [9.17, 15) is 5.11 Å². The molecule has 176 valence electrons. The molecule has 3 nitrogen and oxygen atoms in total. The Morgan fingerprint density at radius 3 is 1.67 bits per heavy atom. The zero-order chi connectivity index (χ0) is 23.3. The topological polar surface area (TPSA) is 38.7 Å². The Hall–Kier alpha value is -2.62. The summed E-state index contributed by atoms with van der Waals surface area (Å²) >= 11 is 0. The molecule has 1 N–H and O–H groups in total. The van der Waals surface area contributed by atoms with E-state index in [2.05, 4.69) is 62.4 Å². The van der Waals surface area contributed by atoms with Gasteiger partial charge in [-0.15, -0.1) is 0 Å². The van der Waals surface area contributed by atoms with E-state index in [-0.39, 0.29) is 18.0 Å². The van der Waals surface area contributed by atoms with Crippen LogP contribution in [0.1, 0.15) is 86.8 Å². The second-order valence-electron chi connectivity index (χ2n) is 8.62. The zero-order valence-electron chi connectivity index (χ0n) is 20.1. The Morgan fingerprint density at radius 1 is 0.636 bits per heavy atom. The van der Waals surface area contributed by atoms with E-state index in [1.165, 1.54) is 11.1 Å². The summed E-state index contributed by atoms with van der Waals surface area (Å²) < 4.78 is 12.8. The highest BCUT2D eigenvalue weighted by Gasteiger charge is 2.17. The van der Waals surface area contributed by atoms with E-state index >= 15 is 0 Å². The van der Waals surface area contributed by atoms with Crippen LogP contribution in [-0.4, -0.2) is 5.11 Å². The Labute approximate surface area is 199 Å². The molecule has 0 aliphatic heterocycles. The lowest BCUT2D eigenvalue weighted by Gasteiger charge is -2.22. The van der Waals surface area contributed by atoms with Gasteiger partial charge in [0, 0.05) is 5.56 Å². The third-order valence-electron chi connectivity index (χ3n) is 6.10. The van der Waals surface area contributed by atoms with Crippen molar-refractivity contribution in [2.24, 2.45) is 0 Å². The molecular formula is C30H38O3. The maximum atomic E-state index is 10.6. The fraction of sp³-hybridized carbons (Fsp3) is 0.400. The third-order valence-corrected chi connectivity index (χ3v) is 6.10. The summed E-state index contributed by atoms with van der Waals surface area (Å²) in [6.07, 6.45) is 6.49. The van der Waals surface area contributed by atoms with Crippen molar-refractivity contribution in [2.45, 2.75) is 77.8 Å². The smallest absolute Gasteiger partial charge is 0.121 e. The molecule has 0 amide bonds. The highest BCUT2D eigenvalue weighted by molar-refractivity contribution is 5.38. The van der Waals surface area contributed by atoms with E-state index < -0.39 is 0 Å². The summed E-state index contributed by atoms with van der Waals surface area (Å²) in [7, 11) is 0. The molecule has 0 bridgehead atoms. The number of benzene rings is 3. The lowest BCUT2D eigenvalue weighted by Crippen LogP contribution is -2.09. The molecule has 2 atom stereocenters. The number of unbranched alkanes of at least 4 members (excludes halogenated alkanes) is 2. The lowest BCUT2D eigenvalue weighted by molar-refractivity contribution is 0.0211. The van der Waals surface area contributed by atoms with Crippen molar-refractivity contribution in [1.82, 2.24) is 0 Å². The SMILES string of the molecule is CCCCC(OCc1cccc(O)c1COC(CCCC)c1ccccc1)c1ccccc1. The lowest BCUT2D eigenvalue weighted by atomic mass is 10.0. The molecule has 3 aromatic rings. The summed E-state index contributed by atoms with van der Waals surface area (Å²) in [5, 5.41) is 10.6. The number of ether oxygens (including phenoxy) is 2. The van der Waals surface area contributed by atoms with Gasteiger partial charge in [-0.2, -0.15) is 0 Å². The van der Waals surface area contributed by atoms with E-state index in [4.69, 9.17) is 9.47 Å². The molecule has 2 unspecified atom stereocenters. The Balaban J connectivity index is 1.72. The molecule has 0 aliphatic carbocycles. The van der Waals surface area contributed by atoms with Gasteiger partial charge in [-0.05, 0) is 35.6 Å². The number of hydrogen-bond acceptors (Lipinski definition) is 3. The van der Waals surface area contributed by atoms with Gasteiger partial charge in [-0.3, -0.25) is 0 Å². The van der Waals surface area contributed by atoms with Crippen molar-refractivity contribution in [2.75, 3.05) is 0 Å². The van der Waals surface area contributed by atoms with Crippen LogP contribution in [0.25, 0.3) is 0 Å². The Morgan fingerprint density at radius 2 is 1.15 bits per heavy atom. The number of hydrogen-bond donors (Lipinski definition) is 1. The highest BCUT2D eigenvalue weighted by Crippen LogP contribution is 2.31. The minimum Gasteiger partial charge on any atom is -0.508 e. The average molecular weight is 447 g/mol. The van der Waals surface area contributed by atoms with Gasteiger partial charge in [0.2, 0.25) is 0 Å². The first-order valence-corrected chi connectivity index (χ1v) is 12.4. The predicted octanol–water partition coefficient (Wildman–Crippen LogP) is 8.29. The number of phenolic OH excluding ortho intramolecular Hbond substituents is 1. The summed E-state index contributed by atoms with van der Waals surface area (Å²) in [5.41, 5.74) is 4.18. The van der Waals surface area contributed by atoms with Crippen LogP contribution in [0.15, 0.2) is 78.9 Å². The average Bonchev–Trinajstić information content (AvgIpc) is 2.86. The molecule has 3 heteroatoms. The standard InChI is InChI=1S/C30H38O3/c1-3-5-20-29(24-14-9-7-10-15-24)32-22-26-18-13-19-28(31)27(26)23-33-30(21-6-4-2)25-16-11-8-12-17-25/h7-19,29-31H,3-6,20-23H2,1-2H3. The monoisotopic (exact) mass is 446 g/mol. The summed E-state index contributed by atoms with van der Waals surface area (Å²) in [5.74, 6) is 0.267. The van der Waals surface area contributed by atoms with Crippen molar-refractivity contribution >= 4 is 0 Å². The molecule has 33 heavy (non-hydrogen) atoms. The van der Waals surface area contributed by atoms with Crippen molar-refractivity contribution in [1.29, 1.82) is 0 Å². The van der Waals surface area contributed by atoms with Gasteiger partial charge < -0.3 is 14.6 Å². The largest absolute Gasteiger partial charge is 0.508 e. The molecule has 3 aromatic carbocycles. The molecule has 3 rings (SSSR count). The molecular weight excluding hydrogens is 408 g/mol. The van der Waals surface area contributed by atoms with Crippen LogP contribution in [0.4, 0.5) is 0 Å². The minimum absolute atomic E-state index is 0.0149. The van der Waals surface area contributed by atoms with Crippen LogP contribution in [0.2, 0.25) is 0 Å². The first-order chi connectivity index (χ1) is 16.2. The molecule has 0 spiro atoms. The fourth-order valence-corrected chi connectivity index (χ4v) is 4.10. The van der Waals surface area contributed by atoms with Crippen LogP contribution in [0.3, 0.4) is 0 Å². The molecule has 0 radical (unpaired) electrons. The number of phenols is 1. The predicted molar refractivity (Wildman–Crippen MR) is 135 cm³/mol. The minimum atomic E-state index is 0.0149. The highest BCUT2D eigenvalue weighted by atomic mass is 16.5. The van der Waals surface area contributed by atoms with Crippen molar-refractivity contribution in [3.63, 3.8) is 0 Å². The summed E-state index contributed by atoms with van der Waals surface area (Å²) in [4.78, 5) is 0. The van der Waals surface area contributed by atoms with Gasteiger partial charge in [0.15, 0.2) is 0 Å². The number of aromatic hydroxyl groups is 1. The second-order valence-corrected chi connectivity index (χ2v) is 8.62. The van der Waals surface area contributed by atoms with E-state index in [1.54, 1.807) is 6.07 Å². The Bertz CT molecular complexity index is 924. The van der Waals surface area contributed by atoms with Gasteiger partial charge in [0.1, 0.15) is 5.75 Å². The van der Waals surface area contributed by atoms with Crippen LogP contribution in [0.5, 0.6) is 5.75 Å². The first-order valence-electron chi connectivity index (χ1n) is 12.4. The van der Waals surface area contributed by atoms with E-state index in [1.807, 2.05) is 24.3 Å². The van der Waals surface area contributed by atoms with Gasteiger partial charge in [0.25, 0.3) is 0 Å². The molecule has 0 saturated carbocycles. The molecule has 0 aliphatic rings. The van der Waals surface area contributed by atoms with Gasteiger partial charge in [0.05, 0.1) is 25.4 Å². The Kier molecular flexibility index (Phi) is 10.5. The fourth-order valence-electron chi connectivity index (χ4n) is 4.10. The maximum absolute atomic E-state index is 10.6. The van der Waals surface area contributed by atoms with Crippen molar-refractivity contribution < 1.29 is 14.6 Å². The van der Waals surface area contributed by atoms with Crippen LogP contribution < -0.4 is 0 Å². The quantitative estimate of drug-likeness (QED) is 0.271. The first kappa shape index (κ1) is 25.0. The van der Waals surface area contributed by atoms with Gasteiger partial charge in [-0.25, -0.2) is 0 Å². The van der Waals surface area contributed by atoms with E-state index in [0.717, 1.165) is 49.7 Å². The molecule has 0 aromatic heterocycles. The summed E-state index contributed by atoms with van der Waals surface area (Å²) in [6, 6.07) is 26.4. The van der Waals surface area contributed by atoms with Crippen molar-refractivity contribution in [3.8, 4) is 5.75 Å². The normalized spacial score (nSPS) is 13.0. The van der Waals surface area contributed by atoms with Crippen LogP contribution in [-0.2, 0) is 22.7 Å². The third kappa shape index (κ3) is 7.73. The van der Waals surface area contributed by atoms with Gasteiger partial charge in [-0.1, -0.05) is 112 Å². The molecule has 0 heterocycles. The molecule has 0 saturated heterocycles. The number of rotatable bonds is 14. The second kappa shape index (κ2) is 13.8.